The standard InChI is InChI=1S/C19H22N4O3S/c1-11-15-17(24)20-14(21-18(15)27-16(11)19(25)26-3)10-23-9-5-7-13(23)12-6-4-8-22(12)2/h4,6,8,13H,5,7,9-10H2,1-3H3,(H,20,21,24)/p+1/t13-/m0/s1. The number of hydrogen-bond donors (Lipinski definition) is 2. The number of H-pyrrole nitrogens is 1. The van der Waals surface area contributed by atoms with Crippen LogP contribution in [0.15, 0.2) is 23.1 Å². The molecule has 0 spiro atoms. The summed E-state index contributed by atoms with van der Waals surface area (Å²) in [6.45, 7) is 3.47. The van der Waals surface area contributed by atoms with Gasteiger partial charge in [0.25, 0.3) is 5.56 Å². The van der Waals surface area contributed by atoms with Gasteiger partial charge in [-0.3, -0.25) is 4.79 Å². The number of rotatable bonds is 4. The molecule has 1 saturated heterocycles. The molecular weight excluding hydrogens is 364 g/mol. The number of methoxy groups -OCH3 is 1. The number of thiophene rings is 1. The summed E-state index contributed by atoms with van der Waals surface area (Å²) in [5.74, 6) is 0.242. The van der Waals surface area contributed by atoms with Gasteiger partial charge in [-0.2, -0.15) is 0 Å². The van der Waals surface area contributed by atoms with Gasteiger partial charge in [0.1, 0.15) is 22.3 Å². The van der Waals surface area contributed by atoms with Crippen molar-refractivity contribution in [1.29, 1.82) is 0 Å². The third-order valence-corrected chi connectivity index (χ3v) is 6.61. The molecule has 4 heterocycles. The molecule has 1 unspecified atom stereocenters. The van der Waals surface area contributed by atoms with E-state index in [4.69, 9.17) is 4.74 Å². The van der Waals surface area contributed by atoms with Crippen molar-refractivity contribution in [2.24, 2.45) is 7.05 Å². The molecule has 0 bridgehead atoms. The average molecular weight is 387 g/mol. The van der Waals surface area contributed by atoms with Crippen LogP contribution in [0.1, 0.15) is 45.6 Å². The molecule has 0 aromatic carbocycles. The molecule has 0 radical (unpaired) electrons. The van der Waals surface area contributed by atoms with Crippen LogP contribution >= 0.6 is 11.3 Å². The second-order valence-corrected chi connectivity index (χ2v) is 8.06. The summed E-state index contributed by atoms with van der Waals surface area (Å²) in [5, 5.41) is 0.486. The summed E-state index contributed by atoms with van der Waals surface area (Å²) < 4.78 is 6.98. The van der Waals surface area contributed by atoms with Gasteiger partial charge in [0.15, 0.2) is 5.82 Å². The number of aryl methyl sites for hydroxylation is 2. The third-order valence-electron chi connectivity index (χ3n) is 5.44. The SMILES string of the molecule is COC(=O)c1sc2nc(C[NH+]3CCC[C@H]3c3cccn3C)[nH]c(=O)c2c1C. The summed E-state index contributed by atoms with van der Waals surface area (Å²) in [4.78, 5) is 34.6. The van der Waals surface area contributed by atoms with E-state index in [1.54, 1.807) is 6.92 Å². The zero-order chi connectivity index (χ0) is 19.1. The largest absolute Gasteiger partial charge is 0.465 e. The molecule has 3 aromatic rings. The number of hydrogen-bond acceptors (Lipinski definition) is 5. The summed E-state index contributed by atoms with van der Waals surface area (Å²) in [7, 11) is 3.41. The number of nitrogens with one attached hydrogen (secondary N) is 2. The van der Waals surface area contributed by atoms with E-state index in [2.05, 4.69) is 39.9 Å². The van der Waals surface area contributed by atoms with Crippen molar-refractivity contribution in [3.8, 4) is 0 Å². The fraction of sp³-hybridized carbons (Fsp3) is 0.421. The van der Waals surface area contributed by atoms with E-state index in [1.807, 2.05) is 0 Å². The van der Waals surface area contributed by atoms with Crippen LogP contribution in [-0.4, -0.2) is 34.2 Å². The van der Waals surface area contributed by atoms with Crippen LogP contribution in [0.3, 0.4) is 0 Å². The van der Waals surface area contributed by atoms with Crippen LogP contribution in [0.25, 0.3) is 10.2 Å². The number of esters is 1. The van der Waals surface area contributed by atoms with Gasteiger partial charge in [-0.25, -0.2) is 9.78 Å². The number of aromatic nitrogens is 3. The van der Waals surface area contributed by atoms with Gasteiger partial charge in [-0.05, 0) is 24.6 Å². The van der Waals surface area contributed by atoms with Crippen LogP contribution in [-0.2, 0) is 18.3 Å². The highest BCUT2D eigenvalue weighted by atomic mass is 32.1. The Morgan fingerprint density at radius 1 is 1.52 bits per heavy atom. The summed E-state index contributed by atoms with van der Waals surface area (Å²) >= 11 is 1.22. The van der Waals surface area contributed by atoms with Gasteiger partial charge < -0.3 is 19.2 Å². The first kappa shape index (κ1) is 17.9. The molecule has 1 aliphatic rings. The maximum Gasteiger partial charge on any atom is 0.348 e. The maximum atomic E-state index is 12.6. The first-order valence-corrected chi connectivity index (χ1v) is 9.87. The Bertz CT molecular complexity index is 1060. The van der Waals surface area contributed by atoms with E-state index in [-0.39, 0.29) is 5.56 Å². The van der Waals surface area contributed by atoms with Gasteiger partial charge in [0.2, 0.25) is 0 Å². The van der Waals surface area contributed by atoms with Crippen LogP contribution in [0.5, 0.6) is 0 Å². The highest BCUT2D eigenvalue weighted by Gasteiger charge is 2.32. The molecule has 0 amide bonds. The number of carbonyl (C=O) groups is 1. The zero-order valence-electron chi connectivity index (χ0n) is 15.7. The molecule has 2 N–H and O–H groups in total. The van der Waals surface area contributed by atoms with Crippen LogP contribution in [0.4, 0.5) is 0 Å². The molecule has 27 heavy (non-hydrogen) atoms. The molecule has 3 aromatic heterocycles. The first-order valence-electron chi connectivity index (χ1n) is 9.06. The number of ether oxygens (including phenoxy) is 1. The Kier molecular flexibility index (Phi) is 4.61. The van der Waals surface area contributed by atoms with E-state index in [9.17, 15) is 9.59 Å². The summed E-state index contributed by atoms with van der Waals surface area (Å²) in [6, 6.07) is 4.64. The molecular formula is C19H23N4O3S+. The van der Waals surface area contributed by atoms with Crippen molar-refractivity contribution < 1.29 is 14.4 Å². The highest BCUT2D eigenvalue weighted by molar-refractivity contribution is 7.20. The van der Waals surface area contributed by atoms with Gasteiger partial charge >= 0.3 is 5.97 Å². The molecule has 142 valence electrons. The number of aromatic amines is 1. The van der Waals surface area contributed by atoms with Crippen molar-refractivity contribution in [1.82, 2.24) is 14.5 Å². The fourth-order valence-corrected chi connectivity index (χ4v) is 5.21. The van der Waals surface area contributed by atoms with Crippen molar-refractivity contribution in [2.75, 3.05) is 13.7 Å². The fourth-order valence-electron chi connectivity index (χ4n) is 4.09. The highest BCUT2D eigenvalue weighted by Crippen LogP contribution is 2.27. The molecule has 8 heteroatoms. The topological polar surface area (TPSA) is 81.4 Å². The lowest BCUT2D eigenvalue weighted by Gasteiger charge is -2.21. The van der Waals surface area contributed by atoms with Crippen molar-refractivity contribution in [2.45, 2.75) is 32.4 Å². The van der Waals surface area contributed by atoms with Crippen LogP contribution in [0, 0.1) is 6.92 Å². The minimum absolute atomic E-state index is 0.187. The lowest BCUT2D eigenvalue weighted by Crippen LogP contribution is -3.09. The number of fused-ring (bicyclic) bond motifs is 1. The predicted octanol–water partition coefficient (Wildman–Crippen LogP) is 1.34. The van der Waals surface area contributed by atoms with E-state index in [0.29, 0.717) is 39.1 Å². The third kappa shape index (κ3) is 3.08. The minimum atomic E-state index is -0.426. The van der Waals surface area contributed by atoms with E-state index in [0.717, 1.165) is 19.4 Å². The zero-order valence-corrected chi connectivity index (χ0v) is 16.5. The Morgan fingerprint density at radius 3 is 3.04 bits per heavy atom. The van der Waals surface area contributed by atoms with Crippen LogP contribution < -0.4 is 10.5 Å². The monoisotopic (exact) mass is 387 g/mol. The van der Waals surface area contributed by atoms with Gasteiger partial charge in [-0.1, -0.05) is 0 Å². The Hall–Kier alpha value is -2.45. The van der Waals surface area contributed by atoms with Crippen molar-refractivity contribution >= 4 is 27.5 Å². The Morgan fingerprint density at radius 2 is 2.33 bits per heavy atom. The van der Waals surface area contributed by atoms with Gasteiger partial charge in [-0.15, -0.1) is 11.3 Å². The van der Waals surface area contributed by atoms with E-state index in [1.165, 1.54) is 29.0 Å². The lowest BCUT2D eigenvalue weighted by atomic mass is 10.1. The molecule has 4 rings (SSSR count). The second-order valence-electron chi connectivity index (χ2n) is 7.06. The smallest absolute Gasteiger partial charge is 0.348 e. The van der Waals surface area contributed by atoms with E-state index >= 15 is 0 Å². The normalized spacial score (nSPS) is 19.7. The summed E-state index contributed by atoms with van der Waals surface area (Å²) in [5.41, 5.74) is 1.76. The molecule has 0 aliphatic carbocycles. The second kappa shape index (κ2) is 6.94. The summed E-state index contributed by atoms with van der Waals surface area (Å²) in [6.07, 6.45) is 4.35. The Balaban J connectivity index is 1.67. The minimum Gasteiger partial charge on any atom is -0.465 e. The number of likely N-dealkylation sites (tertiary alicyclic amines) is 1. The number of quaternary nitrogens is 1. The van der Waals surface area contributed by atoms with Crippen LogP contribution in [0.2, 0.25) is 0 Å². The average Bonchev–Trinajstić information content (AvgIpc) is 3.33. The lowest BCUT2D eigenvalue weighted by molar-refractivity contribution is -0.933. The molecule has 0 saturated carbocycles. The predicted molar refractivity (Wildman–Crippen MR) is 103 cm³/mol. The van der Waals surface area contributed by atoms with Crippen molar-refractivity contribution in [3.05, 3.63) is 50.6 Å². The Labute approximate surface area is 160 Å². The first-order chi connectivity index (χ1) is 13.0. The molecule has 1 fully saturated rings. The molecule has 2 atom stereocenters. The van der Waals surface area contributed by atoms with Gasteiger partial charge in [0.05, 0.1) is 24.7 Å². The number of nitrogens with zero attached hydrogens (tertiary/aromatic N) is 2. The van der Waals surface area contributed by atoms with Crippen molar-refractivity contribution in [3.63, 3.8) is 0 Å². The molecule has 7 nitrogen and oxygen atoms in total. The van der Waals surface area contributed by atoms with Gasteiger partial charge in [0, 0.05) is 26.1 Å². The van der Waals surface area contributed by atoms with E-state index < -0.39 is 5.97 Å². The molecule has 1 aliphatic heterocycles. The quantitative estimate of drug-likeness (QED) is 0.662. The number of carbonyl (C=O) groups excluding carboxylic acids is 1. The maximum absolute atomic E-state index is 12.6.